The lowest BCUT2D eigenvalue weighted by atomic mass is 9.53. The highest BCUT2D eigenvalue weighted by molar-refractivity contribution is 5.82. The Morgan fingerprint density at radius 3 is 2.22 bits per heavy atom. The lowest BCUT2D eigenvalue weighted by Gasteiger charge is -2.57. The molecule has 0 spiro atoms. The lowest BCUT2D eigenvalue weighted by Crippen LogP contribution is -2.62. The van der Waals surface area contributed by atoms with Gasteiger partial charge in [-0.15, -0.1) is 0 Å². The fraction of sp³-hybridized carbons (Fsp3) is 0.929. The minimum absolute atomic E-state index is 0.0289. The molecular weight excluding hydrogens is 228 g/mol. The molecule has 4 aliphatic rings. The molecule has 1 unspecified atom stereocenters. The number of ether oxygens (including phenoxy) is 1. The molecule has 4 aliphatic carbocycles. The molecular formula is C14H24N2O2. The van der Waals surface area contributed by atoms with E-state index in [-0.39, 0.29) is 11.4 Å². The van der Waals surface area contributed by atoms with Gasteiger partial charge < -0.3 is 15.8 Å². The summed E-state index contributed by atoms with van der Waals surface area (Å²) in [5, 5.41) is 3.27. The first-order valence-corrected chi connectivity index (χ1v) is 7.17. The molecule has 4 bridgehead atoms. The number of hydrogen-bond donors (Lipinski definition) is 2. The van der Waals surface area contributed by atoms with Gasteiger partial charge in [0.2, 0.25) is 5.91 Å². The van der Waals surface area contributed by atoms with E-state index in [1.807, 2.05) is 0 Å². The molecule has 1 amide bonds. The minimum atomic E-state index is -0.525. The van der Waals surface area contributed by atoms with Crippen molar-refractivity contribution in [1.29, 1.82) is 0 Å². The van der Waals surface area contributed by atoms with E-state index in [9.17, 15) is 4.79 Å². The van der Waals surface area contributed by atoms with Crippen molar-refractivity contribution in [2.75, 3.05) is 13.7 Å². The highest BCUT2D eigenvalue weighted by Gasteiger charge is 2.51. The fourth-order valence-electron chi connectivity index (χ4n) is 4.87. The molecule has 3 N–H and O–H groups in total. The Labute approximate surface area is 109 Å². The van der Waals surface area contributed by atoms with Crippen LogP contribution in [0.2, 0.25) is 0 Å². The van der Waals surface area contributed by atoms with Gasteiger partial charge in [-0.2, -0.15) is 0 Å². The monoisotopic (exact) mass is 252 g/mol. The lowest BCUT2D eigenvalue weighted by molar-refractivity contribution is -0.129. The second-order valence-electron chi connectivity index (χ2n) is 6.75. The summed E-state index contributed by atoms with van der Waals surface area (Å²) in [6.07, 6.45) is 7.68. The van der Waals surface area contributed by atoms with Crippen LogP contribution in [0.1, 0.15) is 38.5 Å². The summed E-state index contributed by atoms with van der Waals surface area (Å²) in [5.41, 5.74) is 5.89. The number of carbonyl (C=O) groups excluding carboxylic acids is 1. The Morgan fingerprint density at radius 2 is 1.78 bits per heavy atom. The molecule has 1 atom stereocenters. The highest BCUT2D eigenvalue weighted by atomic mass is 16.5. The minimum Gasteiger partial charge on any atom is -0.383 e. The predicted molar refractivity (Wildman–Crippen MR) is 68.9 cm³/mol. The van der Waals surface area contributed by atoms with E-state index >= 15 is 0 Å². The van der Waals surface area contributed by atoms with Crippen LogP contribution in [0.15, 0.2) is 0 Å². The number of carbonyl (C=O) groups is 1. The molecule has 4 nitrogen and oxygen atoms in total. The summed E-state index contributed by atoms with van der Waals surface area (Å²) < 4.78 is 4.96. The third kappa shape index (κ3) is 2.16. The Morgan fingerprint density at radius 1 is 1.28 bits per heavy atom. The van der Waals surface area contributed by atoms with Gasteiger partial charge in [0.05, 0.1) is 6.61 Å². The number of methoxy groups -OCH3 is 1. The van der Waals surface area contributed by atoms with Crippen LogP contribution in [0.4, 0.5) is 0 Å². The molecule has 0 aromatic heterocycles. The van der Waals surface area contributed by atoms with Crippen molar-refractivity contribution in [3.63, 3.8) is 0 Å². The molecule has 0 aliphatic heterocycles. The quantitative estimate of drug-likeness (QED) is 0.786. The zero-order chi connectivity index (χ0) is 12.8. The van der Waals surface area contributed by atoms with Crippen LogP contribution in [-0.4, -0.2) is 31.2 Å². The summed E-state index contributed by atoms with van der Waals surface area (Å²) in [4.78, 5) is 12.1. The van der Waals surface area contributed by atoms with Gasteiger partial charge >= 0.3 is 0 Å². The van der Waals surface area contributed by atoms with Crippen LogP contribution >= 0.6 is 0 Å². The summed E-state index contributed by atoms with van der Waals surface area (Å²) >= 11 is 0. The van der Waals surface area contributed by atoms with E-state index in [2.05, 4.69) is 5.32 Å². The van der Waals surface area contributed by atoms with E-state index in [4.69, 9.17) is 10.5 Å². The maximum absolute atomic E-state index is 12.1. The van der Waals surface area contributed by atoms with Crippen LogP contribution in [0.3, 0.4) is 0 Å². The maximum atomic E-state index is 12.1. The summed E-state index contributed by atoms with van der Waals surface area (Å²) in [7, 11) is 1.58. The van der Waals surface area contributed by atoms with Crippen LogP contribution < -0.4 is 11.1 Å². The SMILES string of the molecule is COCC(N)C(=O)NC12CC3CC(CC(C3)C1)C2. The molecule has 0 heterocycles. The third-order valence-electron chi connectivity index (χ3n) is 5.11. The van der Waals surface area contributed by atoms with Gasteiger partial charge in [0.1, 0.15) is 6.04 Å². The molecule has 0 aromatic rings. The largest absolute Gasteiger partial charge is 0.383 e. The first-order valence-electron chi connectivity index (χ1n) is 7.17. The predicted octanol–water partition coefficient (Wildman–Crippen LogP) is 1.05. The molecule has 102 valence electrons. The van der Waals surface area contributed by atoms with E-state index < -0.39 is 6.04 Å². The summed E-state index contributed by atoms with van der Waals surface area (Å²) in [5.74, 6) is 2.50. The van der Waals surface area contributed by atoms with Crippen molar-refractivity contribution in [2.45, 2.75) is 50.1 Å². The molecule has 4 saturated carbocycles. The number of nitrogens with two attached hydrogens (primary N) is 1. The van der Waals surface area contributed by atoms with Crippen molar-refractivity contribution in [3.05, 3.63) is 0 Å². The van der Waals surface area contributed by atoms with Gasteiger partial charge in [-0.1, -0.05) is 0 Å². The van der Waals surface area contributed by atoms with Crippen molar-refractivity contribution >= 4 is 5.91 Å². The van der Waals surface area contributed by atoms with E-state index in [0.717, 1.165) is 17.8 Å². The maximum Gasteiger partial charge on any atom is 0.239 e. The third-order valence-corrected chi connectivity index (χ3v) is 5.11. The number of hydrogen-bond acceptors (Lipinski definition) is 3. The van der Waals surface area contributed by atoms with E-state index in [0.29, 0.717) is 6.61 Å². The van der Waals surface area contributed by atoms with Crippen molar-refractivity contribution in [1.82, 2.24) is 5.32 Å². The number of amides is 1. The Balaban J connectivity index is 1.67. The highest BCUT2D eigenvalue weighted by Crippen LogP contribution is 2.55. The fourth-order valence-corrected chi connectivity index (χ4v) is 4.87. The summed E-state index contributed by atoms with van der Waals surface area (Å²) in [6, 6.07) is -0.525. The molecule has 4 rings (SSSR count). The van der Waals surface area contributed by atoms with E-state index in [1.165, 1.54) is 38.5 Å². The first kappa shape index (κ1) is 12.4. The molecule has 0 aromatic carbocycles. The smallest absolute Gasteiger partial charge is 0.239 e. The molecule has 4 fully saturated rings. The zero-order valence-electron chi connectivity index (χ0n) is 11.2. The van der Waals surface area contributed by atoms with Crippen molar-refractivity contribution < 1.29 is 9.53 Å². The Bertz CT molecular complexity index is 307. The molecule has 0 saturated heterocycles. The van der Waals surface area contributed by atoms with Gasteiger partial charge in [-0.3, -0.25) is 4.79 Å². The normalized spacial score (nSPS) is 42.9. The Hall–Kier alpha value is -0.610. The molecule has 18 heavy (non-hydrogen) atoms. The Kier molecular flexibility index (Phi) is 3.10. The average Bonchev–Trinajstić information content (AvgIpc) is 2.26. The molecule has 4 heteroatoms. The van der Waals surface area contributed by atoms with Crippen LogP contribution in [0.25, 0.3) is 0 Å². The van der Waals surface area contributed by atoms with Gasteiger partial charge in [0.15, 0.2) is 0 Å². The number of nitrogens with one attached hydrogen (secondary N) is 1. The van der Waals surface area contributed by atoms with Gasteiger partial charge in [-0.05, 0) is 56.3 Å². The van der Waals surface area contributed by atoms with Gasteiger partial charge in [0, 0.05) is 12.6 Å². The zero-order valence-corrected chi connectivity index (χ0v) is 11.2. The second-order valence-corrected chi connectivity index (χ2v) is 6.75. The van der Waals surface area contributed by atoms with Gasteiger partial charge in [-0.25, -0.2) is 0 Å². The summed E-state index contributed by atoms with van der Waals surface area (Å²) in [6.45, 7) is 0.304. The topological polar surface area (TPSA) is 64.3 Å². The number of rotatable bonds is 4. The first-order chi connectivity index (χ1) is 8.60. The van der Waals surface area contributed by atoms with Crippen LogP contribution in [-0.2, 0) is 9.53 Å². The standard InChI is InChI=1S/C14H24N2O2/c1-18-8-12(15)13(17)16-14-5-9-2-10(6-14)4-11(3-9)7-14/h9-12H,2-8,15H2,1H3,(H,16,17). The van der Waals surface area contributed by atoms with Crippen LogP contribution in [0.5, 0.6) is 0 Å². The van der Waals surface area contributed by atoms with Crippen LogP contribution in [0, 0.1) is 17.8 Å². The van der Waals surface area contributed by atoms with E-state index in [1.54, 1.807) is 7.11 Å². The van der Waals surface area contributed by atoms with Crippen molar-refractivity contribution in [2.24, 2.45) is 23.5 Å². The average molecular weight is 252 g/mol. The van der Waals surface area contributed by atoms with Crippen molar-refractivity contribution in [3.8, 4) is 0 Å². The second kappa shape index (κ2) is 4.49. The molecule has 0 radical (unpaired) electrons. The van der Waals surface area contributed by atoms with Gasteiger partial charge in [0.25, 0.3) is 0 Å².